The number of nitrogens with zero attached hydrogens (tertiary/aromatic N) is 2. The van der Waals surface area contributed by atoms with E-state index in [0.29, 0.717) is 21.8 Å². The van der Waals surface area contributed by atoms with Gasteiger partial charge in [0.25, 0.3) is 17.7 Å². The normalized spacial score (nSPS) is 19.4. The van der Waals surface area contributed by atoms with Gasteiger partial charge in [0.15, 0.2) is 11.6 Å². The van der Waals surface area contributed by atoms with Crippen LogP contribution in [0.3, 0.4) is 0 Å². The number of fused-ring (bicyclic) bond motifs is 3. The van der Waals surface area contributed by atoms with Gasteiger partial charge < -0.3 is 4.90 Å². The Bertz CT molecular complexity index is 1830. The van der Waals surface area contributed by atoms with Crippen LogP contribution in [0.1, 0.15) is 64.2 Å². The Morgan fingerprint density at radius 3 is 1.68 bits per heavy atom. The van der Waals surface area contributed by atoms with Gasteiger partial charge in [-0.2, -0.15) is 0 Å². The number of carbonyl (C=O) groups excluding carboxylic acids is 5. The SMILES string of the molecule is O=C1c2ccccc2C(=O)c2cc(N3C(=O)C(N4C(=O)c5ccccc5C4=O)C3c3ccc(Cl)cc3Cl)ccc21. The van der Waals surface area contributed by atoms with Crippen LogP contribution >= 0.6 is 23.2 Å². The number of rotatable bonds is 3. The van der Waals surface area contributed by atoms with Crippen LogP contribution in [0.5, 0.6) is 0 Å². The van der Waals surface area contributed by atoms with Crippen molar-refractivity contribution in [2.24, 2.45) is 0 Å². The maximum atomic E-state index is 13.8. The number of ketones is 2. The predicted molar refractivity (Wildman–Crippen MR) is 147 cm³/mol. The molecule has 2 aliphatic heterocycles. The Morgan fingerprint density at radius 1 is 0.525 bits per heavy atom. The molecule has 2 heterocycles. The summed E-state index contributed by atoms with van der Waals surface area (Å²) in [6, 6.07) is 20.3. The van der Waals surface area contributed by atoms with Crippen molar-refractivity contribution < 1.29 is 24.0 Å². The van der Waals surface area contributed by atoms with E-state index >= 15 is 0 Å². The average Bonchev–Trinajstić information content (AvgIpc) is 3.20. The number of amides is 3. The molecule has 4 aromatic rings. The van der Waals surface area contributed by atoms with Crippen molar-refractivity contribution in [2.75, 3.05) is 4.90 Å². The summed E-state index contributed by atoms with van der Waals surface area (Å²) in [5.41, 5.74) is 2.24. The van der Waals surface area contributed by atoms with E-state index in [-0.39, 0.29) is 44.4 Å². The first kappa shape index (κ1) is 24.5. The molecule has 4 aromatic carbocycles. The molecule has 0 spiro atoms. The second kappa shape index (κ2) is 8.71. The van der Waals surface area contributed by atoms with Crippen LogP contribution in [-0.4, -0.2) is 40.2 Å². The highest BCUT2D eigenvalue weighted by Gasteiger charge is 2.58. The summed E-state index contributed by atoms with van der Waals surface area (Å²) in [5, 5.41) is 0.620. The van der Waals surface area contributed by atoms with Gasteiger partial charge in [-0.25, -0.2) is 0 Å². The molecule has 1 saturated heterocycles. The molecule has 2 unspecified atom stereocenters. The van der Waals surface area contributed by atoms with E-state index in [1.54, 1.807) is 66.7 Å². The minimum absolute atomic E-state index is 0.166. The van der Waals surface area contributed by atoms with Gasteiger partial charge in [-0.15, -0.1) is 0 Å². The predicted octanol–water partition coefficient (Wildman–Crippen LogP) is 5.52. The molecular weight excluding hydrogens is 551 g/mol. The number of carbonyl (C=O) groups is 5. The molecule has 0 aromatic heterocycles. The number of benzene rings is 4. The van der Waals surface area contributed by atoms with E-state index in [0.717, 1.165) is 4.90 Å². The Balaban J connectivity index is 1.34. The fraction of sp³-hybridized carbons (Fsp3) is 0.0645. The van der Waals surface area contributed by atoms with Gasteiger partial charge in [-0.1, -0.05) is 65.7 Å². The minimum atomic E-state index is -1.18. The minimum Gasteiger partial charge on any atom is -0.300 e. The molecule has 0 radical (unpaired) electrons. The molecular formula is C31H16Cl2N2O5. The van der Waals surface area contributed by atoms with Crippen LogP contribution < -0.4 is 4.90 Å². The molecule has 0 N–H and O–H groups in total. The van der Waals surface area contributed by atoms with Crippen LogP contribution in [0, 0.1) is 0 Å². The fourth-order valence-corrected chi connectivity index (χ4v) is 6.28. The van der Waals surface area contributed by atoms with Crippen molar-refractivity contribution in [3.63, 3.8) is 0 Å². The number of anilines is 1. The zero-order chi connectivity index (χ0) is 27.9. The zero-order valence-corrected chi connectivity index (χ0v) is 21.9. The third kappa shape index (κ3) is 3.28. The third-order valence-electron chi connectivity index (χ3n) is 7.64. The number of β-lactam (4-membered cyclic amide) rings is 1. The average molecular weight is 567 g/mol. The lowest BCUT2D eigenvalue weighted by Gasteiger charge is -2.50. The largest absolute Gasteiger partial charge is 0.300 e. The molecule has 0 saturated carbocycles. The van der Waals surface area contributed by atoms with Gasteiger partial charge in [-0.05, 0) is 48.0 Å². The highest BCUT2D eigenvalue weighted by atomic mass is 35.5. The molecule has 2 atom stereocenters. The molecule has 7 nitrogen and oxygen atoms in total. The third-order valence-corrected chi connectivity index (χ3v) is 8.20. The first-order valence-electron chi connectivity index (χ1n) is 12.4. The molecule has 7 rings (SSSR count). The quantitative estimate of drug-likeness (QED) is 0.212. The number of hydrogen-bond acceptors (Lipinski definition) is 5. The summed E-state index contributed by atoms with van der Waals surface area (Å²) in [4.78, 5) is 69.3. The van der Waals surface area contributed by atoms with Crippen molar-refractivity contribution in [3.05, 3.63) is 134 Å². The van der Waals surface area contributed by atoms with E-state index in [1.165, 1.54) is 23.1 Å². The van der Waals surface area contributed by atoms with Crippen LogP contribution in [0.4, 0.5) is 5.69 Å². The molecule has 3 amide bonds. The van der Waals surface area contributed by atoms with E-state index < -0.39 is 29.8 Å². The molecule has 194 valence electrons. The van der Waals surface area contributed by atoms with Crippen molar-refractivity contribution in [3.8, 4) is 0 Å². The van der Waals surface area contributed by atoms with Crippen LogP contribution in [0.2, 0.25) is 10.0 Å². The van der Waals surface area contributed by atoms with Crippen molar-refractivity contribution in [2.45, 2.75) is 12.1 Å². The summed E-state index contributed by atoms with van der Waals surface area (Å²) in [5.74, 6) is -2.29. The highest BCUT2D eigenvalue weighted by molar-refractivity contribution is 6.35. The maximum Gasteiger partial charge on any atom is 0.262 e. The molecule has 3 aliphatic rings. The van der Waals surface area contributed by atoms with Crippen molar-refractivity contribution in [1.29, 1.82) is 0 Å². The summed E-state index contributed by atoms with van der Waals surface area (Å²) < 4.78 is 0. The van der Waals surface area contributed by atoms with E-state index in [9.17, 15) is 24.0 Å². The van der Waals surface area contributed by atoms with E-state index in [1.807, 2.05) is 0 Å². The Morgan fingerprint density at radius 2 is 1.07 bits per heavy atom. The summed E-state index contributed by atoms with van der Waals surface area (Å²) in [6.45, 7) is 0. The van der Waals surface area contributed by atoms with Crippen LogP contribution in [0.25, 0.3) is 0 Å². The van der Waals surface area contributed by atoms with Crippen LogP contribution in [0.15, 0.2) is 84.9 Å². The van der Waals surface area contributed by atoms with Crippen molar-refractivity contribution >= 4 is 58.2 Å². The smallest absolute Gasteiger partial charge is 0.262 e. The molecule has 1 fully saturated rings. The summed E-state index contributed by atoms with van der Waals surface area (Å²) in [6.07, 6.45) is 0. The fourth-order valence-electron chi connectivity index (χ4n) is 5.76. The number of halogens is 2. The lowest BCUT2D eigenvalue weighted by molar-refractivity contribution is -0.130. The van der Waals surface area contributed by atoms with Gasteiger partial charge in [0, 0.05) is 38.0 Å². The van der Waals surface area contributed by atoms with E-state index in [4.69, 9.17) is 23.2 Å². The van der Waals surface area contributed by atoms with Crippen molar-refractivity contribution in [1.82, 2.24) is 4.90 Å². The summed E-state index contributed by atoms with van der Waals surface area (Å²) >= 11 is 12.7. The first-order valence-corrected chi connectivity index (χ1v) is 13.1. The molecule has 0 bridgehead atoms. The second-order valence-electron chi connectivity index (χ2n) is 9.72. The van der Waals surface area contributed by atoms with Gasteiger partial charge in [0.2, 0.25) is 0 Å². The van der Waals surface area contributed by atoms with Gasteiger partial charge in [-0.3, -0.25) is 28.9 Å². The van der Waals surface area contributed by atoms with Gasteiger partial charge >= 0.3 is 0 Å². The topological polar surface area (TPSA) is 91.8 Å². The van der Waals surface area contributed by atoms with E-state index in [2.05, 4.69) is 0 Å². The lowest BCUT2D eigenvalue weighted by atomic mass is 9.82. The Kier molecular flexibility index (Phi) is 5.32. The Hall–Kier alpha value is -4.59. The van der Waals surface area contributed by atoms with Gasteiger partial charge in [0.05, 0.1) is 17.2 Å². The molecule has 9 heteroatoms. The number of imide groups is 1. The second-order valence-corrected chi connectivity index (χ2v) is 10.6. The first-order chi connectivity index (χ1) is 19.3. The monoisotopic (exact) mass is 566 g/mol. The molecule has 40 heavy (non-hydrogen) atoms. The standard InChI is InChI=1S/C31H16Cl2N2O5/c32-15-9-11-22(24(33)13-15)25-26(35-29(38)20-7-3-4-8-21(20)30(35)39)31(40)34(25)16-10-12-19-23(14-16)28(37)18-6-2-1-5-17(18)27(19)36/h1-14,25-26H. The maximum absolute atomic E-state index is 13.8. The highest BCUT2D eigenvalue weighted by Crippen LogP contribution is 2.47. The molecule has 1 aliphatic carbocycles. The number of hydrogen-bond donors (Lipinski definition) is 0. The zero-order valence-electron chi connectivity index (χ0n) is 20.4. The Labute approximate surface area is 237 Å². The van der Waals surface area contributed by atoms with Crippen LogP contribution in [-0.2, 0) is 4.79 Å². The van der Waals surface area contributed by atoms with Gasteiger partial charge in [0.1, 0.15) is 6.04 Å². The summed E-state index contributed by atoms with van der Waals surface area (Å²) in [7, 11) is 0. The lowest BCUT2D eigenvalue weighted by Crippen LogP contribution is -2.67.